The fraction of sp³-hybridized carbons (Fsp3) is 1.00. The van der Waals surface area contributed by atoms with Gasteiger partial charge in [0, 0.05) is 0 Å². The summed E-state index contributed by atoms with van der Waals surface area (Å²) in [6, 6.07) is 0. The average molecular weight is 648 g/mol. The van der Waals surface area contributed by atoms with Crippen LogP contribution in [-0.4, -0.2) is 49.4 Å². The molecule has 6 fully saturated rings. The van der Waals surface area contributed by atoms with Crippen LogP contribution in [0.1, 0.15) is 0 Å². The van der Waals surface area contributed by atoms with Crippen LogP contribution in [0.25, 0.3) is 0 Å². The van der Waals surface area contributed by atoms with Crippen molar-refractivity contribution in [3.63, 3.8) is 0 Å². The Hall–Kier alpha value is -1.68. The first-order chi connectivity index (χ1) is 17.0. The van der Waals surface area contributed by atoms with Gasteiger partial charge in [-0.1, -0.05) is 0 Å². The van der Waals surface area contributed by atoms with Crippen LogP contribution in [0, 0.1) is 43.3 Å². The summed E-state index contributed by atoms with van der Waals surface area (Å²) in [5.74, 6) is 0. The maximum absolute atomic E-state index is 14.2. The highest BCUT2D eigenvalue weighted by Crippen LogP contribution is 3.40. The van der Waals surface area contributed by atoms with E-state index in [1.165, 1.54) is 0 Å². The summed E-state index contributed by atoms with van der Waals surface area (Å²) in [6.45, 7) is 0. The lowest BCUT2D eigenvalue weighted by Gasteiger charge is -3.26. The molecule has 0 heterocycles. The largest absolute Gasteiger partial charge is 0.397 e. The lowest BCUT2D eigenvalue weighted by molar-refractivity contribution is -0.998. The normalized spacial score (nSPS) is 49.8. The first-order valence-electron chi connectivity index (χ1n) is 9.54. The van der Waals surface area contributed by atoms with Crippen LogP contribution in [0.3, 0.4) is 0 Å². The maximum Gasteiger partial charge on any atom is 0.397 e. The summed E-state index contributed by atoms with van der Waals surface area (Å²) >= 11 is 0. The Kier molecular flexibility index (Phi) is 4.12. The molecule has 0 aromatic carbocycles. The highest BCUT2D eigenvalue weighted by atomic mass is 19.4. The SMILES string of the molecule is FC(F)(F)C12C3(C(F)(F)F)C4(C(F)(F)F)C1(C(F)(F)F)C1(C(F)(F)F)C2(C(F)(F)F)C3(C(F)(F)F)C41C(F)(F)F. The van der Waals surface area contributed by atoms with E-state index in [1.54, 1.807) is 0 Å². The minimum atomic E-state index is -8.34. The second kappa shape index (κ2) is 5.53. The Balaban J connectivity index is 2.27. The van der Waals surface area contributed by atoms with E-state index in [9.17, 15) is 105 Å². The molecule has 0 aromatic rings. The van der Waals surface area contributed by atoms with E-state index < -0.39 is 92.7 Å². The summed E-state index contributed by atoms with van der Waals surface area (Å²) in [5.41, 5.74) is -62.3. The molecule has 0 saturated heterocycles. The van der Waals surface area contributed by atoms with Gasteiger partial charge in [-0.2, -0.15) is 105 Å². The second-order valence-corrected chi connectivity index (χ2v) is 9.98. The standard InChI is InChI=1S/C16F24/c17-9(18,19)1-2(10(20,21)22)5(13(29,30)31)3(1,11(23,24)25)7(15(35,36)37)4(1,12(26,27)28)6(2,14(32,33)34)8(5,7)16(38,39)40. The molecule has 0 aliphatic heterocycles. The maximum atomic E-state index is 14.2. The first kappa shape index (κ1) is 29.8. The number of rotatable bonds is 0. The molecule has 6 rings (SSSR count). The third-order valence-electron chi connectivity index (χ3n) is 10.2. The molecule has 6 saturated carbocycles. The van der Waals surface area contributed by atoms with Gasteiger partial charge in [0.15, 0.2) is 0 Å². The zero-order chi connectivity index (χ0) is 32.0. The molecule has 6 aliphatic rings. The Bertz CT molecular complexity index is 863. The van der Waals surface area contributed by atoms with Crippen molar-refractivity contribution in [3.05, 3.63) is 0 Å². The van der Waals surface area contributed by atoms with Crippen LogP contribution in [0.15, 0.2) is 0 Å². The van der Waals surface area contributed by atoms with Crippen molar-refractivity contribution >= 4 is 0 Å². The van der Waals surface area contributed by atoms with Crippen molar-refractivity contribution in [1.29, 1.82) is 0 Å². The fourth-order valence-corrected chi connectivity index (χ4v) is 11.5. The smallest absolute Gasteiger partial charge is 0.170 e. The van der Waals surface area contributed by atoms with E-state index in [4.69, 9.17) is 0 Å². The summed E-state index contributed by atoms with van der Waals surface area (Å²) in [5, 5.41) is 0. The van der Waals surface area contributed by atoms with Crippen LogP contribution in [0.2, 0.25) is 0 Å². The topological polar surface area (TPSA) is 0 Å². The highest BCUT2D eigenvalue weighted by Gasteiger charge is 3.56. The summed E-state index contributed by atoms with van der Waals surface area (Å²) in [6.07, 6.45) is -66.7. The molecular formula is C16F24. The monoisotopic (exact) mass is 648 g/mol. The van der Waals surface area contributed by atoms with E-state index in [2.05, 4.69) is 0 Å². The lowest BCUT2D eigenvalue weighted by atomic mass is 8.68. The number of hydrogen-bond donors (Lipinski definition) is 0. The minimum absolute atomic E-state index is 7.79. The molecular weight excluding hydrogens is 648 g/mol. The predicted molar refractivity (Wildman–Crippen MR) is 67.9 cm³/mol. The minimum Gasteiger partial charge on any atom is -0.170 e. The van der Waals surface area contributed by atoms with Crippen LogP contribution in [-0.2, 0) is 0 Å². The Morgan fingerprint density at radius 3 is 0.225 bits per heavy atom. The zero-order valence-electron chi connectivity index (χ0n) is 17.1. The van der Waals surface area contributed by atoms with Gasteiger partial charge in [-0.05, 0) is 0 Å². The molecule has 0 nitrogen and oxygen atoms in total. The van der Waals surface area contributed by atoms with Crippen LogP contribution >= 0.6 is 0 Å². The van der Waals surface area contributed by atoms with Crippen molar-refractivity contribution in [2.24, 2.45) is 43.3 Å². The van der Waals surface area contributed by atoms with Gasteiger partial charge in [-0.3, -0.25) is 0 Å². The van der Waals surface area contributed by atoms with Crippen molar-refractivity contribution < 1.29 is 105 Å². The van der Waals surface area contributed by atoms with Gasteiger partial charge < -0.3 is 0 Å². The van der Waals surface area contributed by atoms with Crippen molar-refractivity contribution in [2.45, 2.75) is 49.4 Å². The third-order valence-corrected chi connectivity index (χ3v) is 10.2. The molecule has 0 spiro atoms. The van der Waals surface area contributed by atoms with E-state index in [0.717, 1.165) is 0 Å². The van der Waals surface area contributed by atoms with Gasteiger partial charge in [0.2, 0.25) is 0 Å². The molecule has 0 N–H and O–H groups in total. The van der Waals surface area contributed by atoms with Crippen LogP contribution in [0.4, 0.5) is 105 Å². The van der Waals surface area contributed by atoms with Crippen molar-refractivity contribution in [3.8, 4) is 0 Å². The Morgan fingerprint density at radius 2 is 0.200 bits per heavy atom. The van der Waals surface area contributed by atoms with E-state index in [0.29, 0.717) is 0 Å². The molecule has 0 aromatic heterocycles. The van der Waals surface area contributed by atoms with Gasteiger partial charge in [-0.25, -0.2) is 0 Å². The van der Waals surface area contributed by atoms with Gasteiger partial charge in [0.25, 0.3) is 0 Å². The number of alkyl halides is 24. The average Bonchev–Trinajstić information content (AvgIpc) is 2.57. The summed E-state index contributed by atoms with van der Waals surface area (Å²) in [4.78, 5) is 0. The Labute approximate surface area is 199 Å². The molecule has 0 unspecified atom stereocenters. The van der Waals surface area contributed by atoms with Gasteiger partial charge in [-0.15, -0.1) is 0 Å². The predicted octanol–water partition coefficient (Wildman–Crippen LogP) is 8.44. The number of hydrogen-bond acceptors (Lipinski definition) is 0. The quantitative estimate of drug-likeness (QED) is 0.232. The molecule has 0 amide bonds. The highest BCUT2D eigenvalue weighted by molar-refractivity contribution is 5.85. The van der Waals surface area contributed by atoms with E-state index in [-0.39, 0.29) is 0 Å². The lowest BCUT2D eigenvalue weighted by Crippen LogP contribution is -3.41. The van der Waals surface area contributed by atoms with E-state index >= 15 is 0 Å². The van der Waals surface area contributed by atoms with Crippen LogP contribution < -0.4 is 0 Å². The molecule has 40 heavy (non-hydrogen) atoms. The van der Waals surface area contributed by atoms with Crippen molar-refractivity contribution in [1.82, 2.24) is 0 Å². The van der Waals surface area contributed by atoms with Gasteiger partial charge in [0.1, 0.15) is 43.3 Å². The van der Waals surface area contributed by atoms with Crippen LogP contribution in [0.5, 0.6) is 0 Å². The van der Waals surface area contributed by atoms with Gasteiger partial charge >= 0.3 is 49.4 Å². The summed E-state index contributed by atoms with van der Waals surface area (Å²) in [7, 11) is 0. The summed E-state index contributed by atoms with van der Waals surface area (Å²) < 4.78 is 341. The molecule has 6 aliphatic carbocycles. The molecule has 0 atom stereocenters. The molecule has 24 heteroatoms. The second-order valence-electron chi connectivity index (χ2n) is 9.98. The van der Waals surface area contributed by atoms with Crippen molar-refractivity contribution in [2.75, 3.05) is 0 Å². The molecule has 0 radical (unpaired) electrons. The first-order valence-corrected chi connectivity index (χ1v) is 9.54. The molecule has 0 bridgehead atoms. The zero-order valence-corrected chi connectivity index (χ0v) is 17.1. The Morgan fingerprint density at radius 1 is 0.150 bits per heavy atom. The van der Waals surface area contributed by atoms with Gasteiger partial charge in [0.05, 0.1) is 0 Å². The fourth-order valence-electron chi connectivity index (χ4n) is 11.5. The molecule has 232 valence electrons. The number of halogens is 24. The van der Waals surface area contributed by atoms with E-state index in [1.807, 2.05) is 0 Å². The third kappa shape index (κ3) is 1.42.